The Labute approximate surface area is 207 Å². The summed E-state index contributed by atoms with van der Waals surface area (Å²) in [6.45, 7) is 3.01. The number of thiophene rings is 1. The van der Waals surface area contributed by atoms with E-state index in [-0.39, 0.29) is 22.6 Å². The minimum atomic E-state index is -3.82. The van der Waals surface area contributed by atoms with Crippen molar-refractivity contribution >= 4 is 66.9 Å². The first-order valence-electron chi connectivity index (χ1n) is 11.3. The third-order valence-electron chi connectivity index (χ3n) is 6.40. The van der Waals surface area contributed by atoms with Crippen molar-refractivity contribution in [2.45, 2.75) is 42.9 Å². The minimum absolute atomic E-state index is 0.0276. The third kappa shape index (κ3) is 3.80. The van der Waals surface area contributed by atoms with Crippen molar-refractivity contribution in [3.8, 4) is 0 Å². The van der Waals surface area contributed by atoms with Gasteiger partial charge in [0.25, 0.3) is 15.9 Å². The van der Waals surface area contributed by atoms with Crippen molar-refractivity contribution in [1.29, 1.82) is 0 Å². The molecule has 1 unspecified atom stereocenters. The molecule has 1 N–H and O–H groups in total. The molecule has 34 heavy (non-hydrogen) atoms. The Morgan fingerprint density at radius 3 is 2.76 bits per heavy atom. The zero-order valence-electron chi connectivity index (χ0n) is 18.6. The lowest BCUT2D eigenvalue weighted by Gasteiger charge is -2.23. The molecular weight excluding hydrogens is 494 g/mol. The second-order valence-corrected chi connectivity index (χ2v) is 12.3. The molecule has 2 aromatic carbocycles. The summed E-state index contributed by atoms with van der Waals surface area (Å²) in [5.41, 5.74) is 2.04. The molecule has 1 saturated heterocycles. The first-order chi connectivity index (χ1) is 16.3. The van der Waals surface area contributed by atoms with Gasteiger partial charge in [-0.1, -0.05) is 37.1 Å². The topological polar surface area (TPSA) is 86.8 Å². The van der Waals surface area contributed by atoms with Gasteiger partial charge in [0.2, 0.25) is 5.91 Å². The molecule has 3 heterocycles. The number of carbonyl (C=O) groups is 2. The van der Waals surface area contributed by atoms with Crippen LogP contribution in [0.5, 0.6) is 0 Å². The van der Waals surface area contributed by atoms with Crippen LogP contribution in [0.3, 0.4) is 0 Å². The van der Waals surface area contributed by atoms with E-state index < -0.39 is 16.1 Å². The van der Waals surface area contributed by atoms with Gasteiger partial charge in [-0.05, 0) is 49.6 Å². The molecule has 1 aromatic heterocycles. The molecule has 3 aromatic rings. The summed E-state index contributed by atoms with van der Waals surface area (Å²) in [7, 11) is -3.82. The fraction of sp³-hybridized carbons (Fsp3) is 0.333. The maximum Gasteiger partial charge on any atom is 0.258 e. The van der Waals surface area contributed by atoms with Crippen molar-refractivity contribution in [2.75, 3.05) is 23.3 Å². The molecule has 0 saturated carbocycles. The van der Waals surface area contributed by atoms with Crippen LogP contribution in [-0.2, 0) is 14.8 Å². The smallest absolute Gasteiger partial charge is 0.258 e. The van der Waals surface area contributed by atoms with Crippen LogP contribution in [0.2, 0.25) is 4.34 Å². The fourth-order valence-electron chi connectivity index (χ4n) is 4.75. The van der Waals surface area contributed by atoms with E-state index in [1.807, 2.05) is 24.3 Å². The van der Waals surface area contributed by atoms with Crippen LogP contribution in [0.15, 0.2) is 46.7 Å². The highest BCUT2D eigenvalue weighted by molar-refractivity contribution is 7.91. The van der Waals surface area contributed by atoms with Gasteiger partial charge in [0, 0.05) is 35.1 Å². The number of hydrogen-bond acceptors (Lipinski definition) is 5. The lowest BCUT2D eigenvalue weighted by Crippen LogP contribution is -2.42. The van der Waals surface area contributed by atoms with Crippen LogP contribution >= 0.6 is 22.9 Å². The molecule has 0 aliphatic carbocycles. The summed E-state index contributed by atoms with van der Waals surface area (Å²) in [6.07, 6.45) is 2.92. The Kier molecular flexibility index (Phi) is 6.14. The molecule has 178 valence electrons. The van der Waals surface area contributed by atoms with Gasteiger partial charge in [0.1, 0.15) is 10.3 Å². The van der Waals surface area contributed by atoms with Crippen molar-refractivity contribution in [1.82, 2.24) is 4.31 Å². The van der Waals surface area contributed by atoms with Crippen molar-refractivity contribution < 1.29 is 18.0 Å². The summed E-state index contributed by atoms with van der Waals surface area (Å²) in [4.78, 5) is 28.1. The van der Waals surface area contributed by atoms with Gasteiger partial charge in [-0.2, -0.15) is 4.31 Å². The SMILES string of the molecule is CCCCN1C(=O)c2cccc3c(NC(=O)C4CCCN4S(=O)(=O)c4ccc(Cl)s4)ccc1c23. The molecule has 7 nitrogen and oxygen atoms in total. The molecule has 2 aliphatic rings. The average Bonchev–Trinajstić information content (AvgIpc) is 3.54. The number of nitrogens with one attached hydrogen (secondary N) is 1. The van der Waals surface area contributed by atoms with Crippen LogP contribution < -0.4 is 10.2 Å². The largest absolute Gasteiger partial charge is 0.324 e. The summed E-state index contributed by atoms with van der Waals surface area (Å²) in [5.74, 6) is -0.406. The van der Waals surface area contributed by atoms with Crippen molar-refractivity contribution in [3.63, 3.8) is 0 Å². The van der Waals surface area contributed by atoms with Crippen LogP contribution in [0.4, 0.5) is 11.4 Å². The number of hydrogen-bond donors (Lipinski definition) is 1. The molecule has 1 atom stereocenters. The predicted octanol–water partition coefficient (Wildman–Crippen LogP) is 5.11. The Bertz CT molecular complexity index is 1400. The lowest BCUT2D eigenvalue weighted by molar-refractivity contribution is -0.119. The maximum atomic E-state index is 13.3. The minimum Gasteiger partial charge on any atom is -0.324 e. The van der Waals surface area contributed by atoms with Gasteiger partial charge in [-0.15, -0.1) is 11.3 Å². The average molecular weight is 518 g/mol. The highest BCUT2D eigenvalue weighted by atomic mass is 35.5. The normalized spacial score (nSPS) is 18.2. The maximum absolute atomic E-state index is 13.3. The Morgan fingerprint density at radius 1 is 1.21 bits per heavy atom. The molecule has 0 spiro atoms. The van der Waals surface area contributed by atoms with E-state index >= 15 is 0 Å². The van der Waals surface area contributed by atoms with Crippen molar-refractivity contribution in [2.24, 2.45) is 0 Å². The van der Waals surface area contributed by atoms with Crippen LogP contribution in [0.25, 0.3) is 10.8 Å². The number of sulfonamides is 1. The number of rotatable bonds is 7. The number of carbonyl (C=O) groups excluding carboxylic acids is 2. The highest BCUT2D eigenvalue weighted by Crippen LogP contribution is 2.41. The molecular formula is C24H24ClN3O4S2. The van der Waals surface area contributed by atoms with Crippen LogP contribution in [-0.4, -0.2) is 43.7 Å². The number of benzene rings is 2. The van der Waals surface area contributed by atoms with Gasteiger partial charge in [0.15, 0.2) is 0 Å². The van der Waals surface area contributed by atoms with Crippen LogP contribution in [0, 0.1) is 0 Å². The van der Waals surface area contributed by atoms with Gasteiger partial charge in [-0.25, -0.2) is 8.42 Å². The summed E-state index contributed by atoms with van der Waals surface area (Å²) in [6, 6.07) is 11.4. The highest BCUT2D eigenvalue weighted by Gasteiger charge is 2.40. The fourth-order valence-corrected chi connectivity index (χ4v) is 8.02. The quantitative estimate of drug-likeness (QED) is 0.472. The van der Waals surface area contributed by atoms with Crippen molar-refractivity contribution in [3.05, 3.63) is 52.4 Å². The van der Waals surface area contributed by atoms with Gasteiger partial charge >= 0.3 is 0 Å². The van der Waals surface area contributed by atoms with Gasteiger partial charge < -0.3 is 10.2 Å². The van der Waals surface area contributed by atoms with E-state index in [9.17, 15) is 18.0 Å². The van der Waals surface area contributed by atoms with E-state index in [4.69, 9.17) is 11.6 Å². The molecule has 0 bridgehead atoms. The zero-order valence-corrected chi connectivity index (χ0v) is 21.0. The van der Waals surface area contributed by atoms with E-state index in [1.165, 1.54) is 10.4 Å². The molecule has 2 aliphatic heterocycles. The van der Waals surface area contributed by atoms with Crippen LogP contribution in [0.1, 0.15) is 43.0 Å². The third-order valence-corrected chi connectivity index (χ3v) is 10.0. The predicted molar refractivity (Wildman–Crippen MR) is 135 cm³/mol. The van der Waals surface area contributed by atoms with E-state index in [2.05, 4.69) is 12.2 Å². The number of unbranched alkanes of at least 4 members (excludes halogenated alkanes) is 1. The second kappa shape index (κ2) is 8.96. The molecule has 1 fully saturated rings. The Hall–Kier alpha value is -2.46. The Balaban J connectivity index is 1.45. The standard InChI is InChI=1S/C24H24ClN3O4S2/c1-2-3-13-27-18-10-9-17(15-6-4-7-16(22(15)18)24(27)30)26-23(29)19-8-5-14-28(19)34(31,32)21-12-11-20(25)33-21/h4,6-7,9-12,19H,2-3,5,8,13-14H2,1H3,(H,26,29). The molecule has 5 rings (SSSR count). The zero-order chi connectivity index (χ0) is 24.0. The second-order valence-electron chi connectivity index (χ2n) is 8.49. The van der Waals surface area contributed by atoms with Gasteiger partial charge in [0.05, 0.1) is 10.0 Å². The number of nitrogens with zero attached hydrogens (tertiary/aromatic N) is 2. The summed E-state index contributed by atoms with van der Waals surface area (Å²) >= 11 is 6.93. The molecule has 0 radical (unpaired) electrons. The van der Waals surface area contributed by atoms with E-state index in [1.54, 1.807) is 17.0 Å². The lowest BCUT2D eigenvalue weighted by atomic mass is 10.0. The van der Waals surface area contributed by atoms with E-state index in [0.717, 1.165) is 40.6 Å². The number of anilines is 2. The molecule has 2 amide bonds. The summed E-state index contributed by atoms with van der Waals surface area (Å²) in [5, 5.41) is 4.54. The molecule has 10 heteroatoms. The summed E-state index contributed by atoms with van der Waals surface area (Å²) < 4.78 is 28.1. The van der Waals surface area contributed by atoms with E-state index in [0.29, 0.717) is 35.0 Å². The van der Waals surface area contributed by atoms with Gasteiger partial charge in [-0.3, -0.25) is 9.59 Å². The number of amides is 2. The number of halogens is 1. The first kappa shape index (κ1) is 23.3. The first-order valence-corrected chi connectivity index (χ1v) is 13.9. The Morgan fingerprint density at radius 2 is 2.03 bits per heavy atom. The monoisotopic (exact) mass is 517 g/mol.